The number of hydrogen-bond donors (Lipinski definition) is 0. The summed E-state index contributed by atoms with van der Waals surface area (Å²) in [5.74, 6) is 0.695. The molecule has 1 amide bonds. The van der Waals surface area contributed by atoms with Gasteiger partial charge in [-0.1, -0.05) is 18.2 Å². The first-order chi connectivity index (χ1) is 11.0. The maximum Gasteiger partial charge on any atom is 0.253 e. The molecule has 4 rings (SSSR count). The van der Waals surface area contributed by atoms with Crippen molar-refractivity contribution in [2.24, 2.45) is 11.3 Å². The largest absolute Gasteiger partial charge is 0.338 e. The molecular weight excluding hydrogens is 290 g/mol. The van der Waals surface area contributed by atoms with E-state index in [9.17, 15) is 4.79 Å². The normalized spacial score (nSPS) is 27.4. The Morgan fingerprint density at radius 2 is 2.17 bits per heavy atom. The fourth-order valence-corrected chi connectivity index (χ4v) is 4.10. The lowest BCUT2D eigenvalue weighted by atomic mass is 9.83. The zero-order chi connectivity index (χ0) is 16.0. The van der Waals surface area contributed by atoms with Crippen molar-refractivity contribution < 1.29 is 4.79 Å². The van der Waals surface area contributed by atoms with Gasteiger partial charge in [0.15, 0.2) is 0 Å². The molecule has 2 aliphatic heterocycles. The number of carbonyl (C=O) groups excluding carboxylic acids is 1. The minimum atomic E-state index is 0.116. The highest BCUT2D eigenvalue weighted by Gasteiger charge is 2.49. The molecule has 0 N–H and O–H groups in total. The lowest BCUT2D eigenvalue weighted by Crippen LogP contribution is -2.34. The monoisotopic (exact) mass is 311 g/mol. The smallest absolute Gasteiger partial charge is 0.253 e. The van der Waals surface area contributed by atoms with E-state index >= 15 is 0 Å². The van der Waals surface area contributed by atoms with Crippen LogP contribution in [0.3, 0.4) is 0 Å². The van der Waals surface area contributed by atoms with Crippen molar-refractivity contribution in [2.75, 3.05) is 33.2 Å². The van der Waals surface area contributed by atoms with Gasteiger partial charge in [-0.3, -0.25) is 4.79 Å². The Bertz CT molecular complexity index is 728. The molecule has 0 aliphatic carbocycles. The lowest BCUT2D eigenvalue weighted by Gasteiger charge is -2.24. The SMILES string of the molecule is CN1C[C@@H]2CN(C(=O)c3cccc(-n4ccnn4)c3)C[C@]2(C)C1. The van der Waals surface area contributed by atoms with Crippen molar-refractivity contribution in [2.45, 2.75) is 6.92 Å². The van der Waals surface area contributed by atoms with E-state index in [1.807, 2.05) is 29.2 Å². The highest BCUT2D eigenvalue weighted by atomic mass is 16.2. The van der Waals surface area contributed by atoms with E-state index in [4.69, 9.17) is 0 Å². The summed E-state index contributed by atoms with van der Waals surface area (Å²) in [6.45, 7) is 6.15. The van der Waals surface area contributed by atoms with E-state index in [2.05, 4.69) is 29.2 Å². The molecule has 2 saturated heterocycles. The van der Waals surface area contributed by atoms with E-state index in [1.165, 1.54) is 0 Å². The molecular formula is C17H21N5O. The van der Waals surface area contributed by atoms with Crippen LogP contribution in [0.2, 0.25) is 0 Å². The first kappa shape index (κ1) is 14.4. The highest BCUT2D eigenvalue weighted by Crippen LogP contribution is 2.41. The Hall–Kier alpha value is -2.21. The van der Waals surface area contributed by atoms with Crippen molar-refractivity contribution in [1.82, 2.24) is 24.8 Å². The van der Waals surface area contributed by atoms with Crippen molar-refractivity contribution in [3.8, 4) is 5.69 Å². The Balaban J connectivity index is 1.56. The molecule has 2 atom stereocenters. The molecule has 120 valence electrons. The van der Waals surface area contributed by atoms with Crippen LogP contribution in [-0.4, -0.2) is 63.9 Å². The van der Waals surface area contributed by atoms with Crippen LogP contribution >= 0.6 is 0 Å². The molecule has 1 aromatic carbocycles. The first-order valence-corrected chi connectivity index (χ1v) is 8.00. The van der Waals surface area contributed by atoms with Crippen LogP contribution in [0.15, 0.2) is 36.7 Å². The van der Waals surface area contributed by atoms with Crippen LogP contribution in [0.25, 0.3) is 5.69 Å². The number of fused-ring (bicyclic) bond motifs is 1. The predicted octanol–water partition coefficient (Wildman–Crippen LogP) is 1.29. The second-order valence-electron chi connectivity index (χ2n) is 7.13. The zero-order valence-electron chi connectivity index (χ0n) is 13.5. The van der Waals surface area contributed by atoms with Gasteiger partial charge in [0.2, 0.25) is 0 Å². The van der Waals surface area contributed by atoms with Crippen molar-refractivity contribution in [1.29, 1.82) is 0 Å². The fourth-order valence-electron chi connectivity index (χ4n) is 4.10. The van der Waals surface area contributed by atoms with Gasteiger partial charge in [-0.15, -0.1) is 5.10 Å². The van der Waals surface area contributed by atoms with E-state index in [-0.39, 0.29) is 11.3 Å². The van der Waals surface area contributed by atoms with Gasteiger partial charge < -0.3 is 9.80 Å². The van der Waals surface area contributed by atoms with Crippen LogP contribution in [-0.2, 0) is 0 Å². The average Bonchev–Trinajstić information content (AvgIpc) is 3.20. The van der Waals surface area contributed by atoms with E-state index in [0.29, 0.717) is 5.92 Å². The minimum Gasteiger partial charge on any atom is -0.338 e. The van der Waals surface area contributed by atoms with Crippen LogP contribution in [0.5, 0.6) is 0 Å². The summed E-state index contributed by atoms with van der Waals surface area (Å²) in [5, 5.41) is 7.80. The topological polar surface area (TPSA) is 54.3 Å². The molecule has 0 radical (unpaired) electrons. The highest BCUT2D eigenvalue weighted by molar-refractivity contribution is 5.95. The van der Waals surface area contributed by atoms with Gasteiger partial charge in [0.1, 0.15) is 0 Å². The third kappa shape index (κ3) is 2.43. The summed E-state index contributed by atoms with van der Waals surface area (Å²) in [6, 6.07) is 7.60. The molecule has 6 heteroatoms. The van der Waals surface area contributed by atoms with Crippen molar-refractivity contribution >= 4 is 5.91 Å². The van der Waals surface area contributed by atoms with Gasteiger partial charge in [0.25, 0.3) is 5.91 Å². The number of carbonyl (C=O) groups is 1. The summed E-state index contributed by atoms with van der Waals surface area (Å²) in [7, 11) is 2.16. The van der Waals surface area contributed by atoms with E-state index in [1.54, 1.807) is 17.1 Å². The second-order valence-corrected chi connectivity index (χ2v) is 7.13. The van der Waals surface area contributed by atoms with Gasteiger partial charge in [0.05, 0.1) is 18.1 Å². The van der Waals surface area contributed by atoms with Gasteiger partial charge in [-0.2, -0.15) is 0 Å². The Kier molecular flexibility index (Phi) is 3.23. The summed E-state index contributed by atoms with van der Waals surface area (Å²) in [5.41, 5.74) is 1.81. The van der Waals surface area contributed by atoms with Gasteiger partial charge in [-0.05, 0) is 31.2 Å². The minimum absolute atomic E-state index is 0.116. The molecule has 2 aliphatic rings. The average molecular weight is 311 g/mol. The maximum absolute atomic E-state index is 12.9. The molecule has 6 nitrogen and oxygen atoms in total. The summed E-state index contributed by atoms with van der Waals surface area (Å²) < 4.78 is 1.67. The number of benzene rings is 1. The van der Waals surface area contributed by atoms with Gasteiger partial charge >= 0.3 is 0 Å². The Labute approximate surface area is 135 Å². The van der Waals surface area contributed by atoms with Crippen LogP contribution < -0.4 is 0 Å². The molecule has 23 heavy (non-hydrogen) atoms. The Morgan fingerprint density at radius 3 is 2.91 bits per heavy atom. The third-order valence-electron chi connectivity index (χ3n) is 5.21. The van der Waals surface area contributed by atoms with E-state index in [0.717, 1.165) is 37.4 Å². The van der Waals surface area contributed by atoms with Crippen LogP contribution in [0.1, 0.15) is 17.3 Å². The maximum atomic E-state index is 12.9. The van der Waals surface area contributed by atoms with Crippen LogP contribution in [0.4, 0.5) is 0 Å². The number of rotatable bonds is 2. The number of likely N-dealkylation sites (tertiary alicyclic amines) is 2. The summed E-state index contributed by atoms with van der Waals surface area (Å²) in [4.78, 5) is 17.3. The molecule has 1 aromatic heterocycles. The number of amides is 1. The quantitative estimate of drug-likeness (QED) is 0.839. The molecule has 0 bridgehead atoms. The lowest BCUT2D eigenvalue weighted by molar-refractivity contribution is 0.0765. The third-order valence-corrected chi connectivity index (χ3v) is 5.21. The number of nitrogens with zero attached hydrogens (tertiary/aromatic N) is 5. The van der Waals surface area contributed by atoms with Crippen LogP contribution in [0, 0.1) is 11.3 Å². The predicted molar refractivity (Wildman–Crippen MR) is 86.4 cm³/mol. The molecule has 0 spiro atoms. The molecule has 3 heterocycles. The molecule has 0 unspecified atom stereocenters. The van der Waals surface area contributed by atoms with Gasteiger partial charge in [0, 0.05) is 37.2 Å². The fraction of sp³-hybridized carbons (Fsp3) is 0.471. The Morgan fingerprint density at radius 1 is 1.30 bits per heavy atom. The number of hydrogen-bond acceptors (Lipinski definition) is 4. The van der Waals surface area contributed by atoms with Crippen molar-refractivity contribution in [3.05, 3.63) is 42.2 Å². The first-order valence-electron chi connectivity index (χ1n) is 8.00. The van der Waals surface area contributed by atoms with Crippen molar-refractivity contribution in [3.63, 3.8) is 0 Å². The number of aromatic nitrogens is 3. The second kappa shape index (κ2) is 5.16. The molecule has 2 fully saturated rings. The molecule has 2 aromatic rings. The summed E-state index contributed by atoms with van der Waals surface area (Å²) in [6.07, 6.45) is 3.41. The summed E-state index contributed by atoms with van der Waals surface area (Å²) >= 11 is 0. The molecule has 0 saturated carbocycles. The zero-order valence-corrected chi connectivity index (χ0v) is 13.5. The standard InChI is InChI=1S/C17H21N5O/c1-17-11-20(2)9-14(17)10-21(12-17)16(23)13-4-3-5-15(8-13)22-7-6-18-19-22/h3-8,14H,9-12H2,1-2H3/t14-,17+/m1/s1. The van der Waals surface area contributed by atoms with E-state index < -0.39 is 0 Å². The van der Waals surface area contributed by atoms with Gasteiger partial charge in [-0.25, -0.2) is 4.68 Å².